The highest BCUT2D eigenvalue weighted by molar-refractivity contribution is 6.32. The zero-order chi connectivity index (χ0) is 23.1. The minimum atomic E-state index is -0.635. The zero-order valence-electron chi connectivity index (χ0n) is 18.4. The molecule has 0 aliphatic carbocycles. The normalized spacial score (nSPS) is 14.2. The first-order valence-corrected chi connectivity index (χ1v) is 10.9. The monoisotopic (exact) mass is 460 g/mol. The third kappa shape index (κ3) is 6.27. The molecule has 2 aromatic rings. The molecule has 9 heteroatoms. The van der Waals surface area contributed by atoms with Crippen molar-refractivity contribution in [3.63, 3.8) is 0 Å². The Morgan fingerprint density at radius 2 is 1.91 bits per heavy atom. The van der Waals surface area contributed by atoms with Gasteiger partial charge in [0.25, 0.3) is 11.8 Å². The van der Waals surface area contributed by atoms with Gasteiger partial charge in [0.05, 0.1) is 12.1 Å². The number of benzene rings is 2. The van der Waals surface area contributed by atoms with Crippen LogP contribution in [0.3, 0.4) is 0 Å². The number of nitrogens with two attached hydrogens (primary N) is 1. The lowest BCUT2D eigenvalue weighted by Crippen LogP contribution is -2.48. The van der Waals surface area contributed by atoms with Crippen LogP contribution >= 0.6 is 11.6 Å². The van der Waals surface area contributed by atoms with Crippen molar-refractivity contribution in [1.29, 1.82) is 0 Å². The molecule has 0 bridgehead atoms. The van der Waals surface area contributed by atoms with Gasteiger partial charge in [-0.3, -0.25) is 14.5 Å². The van der Waals surface area contributed by atoms with Crippen LogP contribution in [0.4, 0.5) is 5.69 Å². The number of nitrogens with zero attached hydrogens (tertiary/aromatic N) is 2. The van der Waals surface area contributed by atoms with E-state index in [1.807, 2.05) is 0 Å². The van der Waals surface area contributed by atoms with Gasteiger partial charge >= 0.3 is 0 Å². The van der Waals surface area contributed by atoms with Crippen LogP contribution in [0.15, 0.2) is 36.4 Å². The summed E-state index contributed by atoms with van der Waals surface area (Å²) in [5.74, 6) is -0.457. The van der Waals surface area contributed by atoms with Crippen molar-refractivity contribution in [1.82, 2.24) is 10.2 Å². The van der Waals surface area contributed by atoms with Gasteiger partial charge in [-0.05, 0) is 36.8 Å². The van der Waals surface area contributed by atoms with Gasteiger partial charge in [0.1, 0.15) is 0 Å². The Hall–Kier alpha value is -2.97. The van der Waals surface area contributed by atoms with Crippen LogP contribution < -0.4 is 25.4 Å². The standard InChI is InChI=1S/C23H29ClN4O4/c1-16-4-3-5-18(12-16)28-10-8-27(9-11-28)7-6-26-23(30)17-13-19(24)22(20(14-17)31-2)32-15-21(25)29/h3-5,12-14H,6-11,15H2,1-2H3,(H2,25,29)(H,26,30). The van der Waals surface area contributed by atoms with Crippen LogP contribution in [-0.2, 0) is 4.79 Å². The molecule has 1 aliphatic heterocycles. The van der Waals surface area contributed by atoms with Crippen molar-refractivity contribution >= 4 is 29.1 Å². The number of rotatable bonds is 9. The topological polar surface area (TPSA) is 97.1 Å². The number of nitrogens with one attached hydrogen (secondary N) is 1. The molecule has 1 saturated heterocycles. The highest BCUT2D eigenvalue weighted by Gasteiger charge is 2.19. The molecule has 32 heavy (non-hydrogen) atoms. The van der Waals surface area contributed by atoms with Gasteiger partial charge in [-0.1, -0.05) is 23.7 Å². The SMILES string of the molecule is COc1cc(C(=O)NCCN2CCN(c3cccc(C)c3)CC2)cc(Cl)c1OCC(N)=O. The Morgan fingerprint density at radius 3 is 2.56 bits per heavy atom. The number of piperazine rings is 1. The number of anilines is 1. The number of ether oxygens (including phenoxy) is 2. The second kappa shape index (κ2) is 11.1. The lowest BCUT2D eigenvalue weighted by atomic mass is 10.2. The fraction of sp³-hybridized carbons (Fsp3) is 0.391. The van der Waals surface area contributed by atoms with Gasteiger partial charge in [-0.15, -0.1) is 0 Å². The van der Waals surface area contributed by atoms with Crippen molar-refractivity contribution in [2.45, 2.75) is 6.92 Å². The molecule has 1 aliphatic rings. The van der Waals surface area contributed by atoms with Crippen LogP contribution in [0, 0.1) is 6.92 Å². The number of aryl methyl sites for hydroxylation is 1. The van der Waals surface area contributed by atoms with Gasteiger partial charge < -0.3 is 25.4 Å². The van der Waals surface area contributed by atoms with Crippen molar-refractivity contribution in [2.75, 3.05) is 57.9 Å². The Balaban J connectivity index is 1.49. The summed E-state index contributed by atoms with van der Waals surface area (Å²) in [6.07, 6.45) is 0. The minimum absolute atomic E-state index is 0.169. The summed E-state index contributed by atoms with van der Waals surface area (Å²) in [4.78, 5) is 28.3. The highest BCUT2D eigenvalue weighted by atomic mass is 35.5. The molecule has 0 atom stereocenters. The van der Waals surface area contributed by atoms with Crippen molar-refractivity contribution in [3.05, 3.63) is 52.5 Å². The summed E-state index contributed by atoms with van der Waals surface area (Å²) in [5.41, 5.74) is 7.97. The minimum Gasteiger partial charge on any atom is -0.493 e. The van der Waals surface area contributed by atoms with E-state index in [0.717, 1.165) is 32.7 Å². The van der Waals surface area contributed by atoms with E-state index in [1.165, 1.54) is 30.5 Å². The first kappa shape index (κ1) is 23.7. The van der Waals surface area contributed by atoms with Gasteiger partial charge in [-0.2, -0.15) is 0 Å². The number of carbonyl (C=O) groups excluding carboxylic acids is 2. The van der Waals surface area contributed by atoms with Gasteiger partial charge in [-0.25, -0.2) is 0 Å². The van der Waals surface area contributed by atoms with Crippen LogP contribution in [0.1, 0.15) is 15.9 Å². The van der Waals surface area contributed by atoms with Crippen molar-refractivity contribution < 1.29 is 19.1 Å². The first-order valence-electron chi connectivity index (χ1n) is 10.5. The summed E-state index contributed by atoms with van der Waals surface area (Å²) in [5, 5.41) is 3.09. The molecule has 0 radical (unpaired) electrons. The number of methoxy groups -OCH3 is 1. The molecule has 3 N–H and O–H groups in total. The molecule has 2 aromatic carbocycles. The lowest BCUT2D eigenvalue weighted by molar-refractivity contribution is -0.119. The largest absolute Gasteiger partial charge is 0.493 e. The van der Waals surface area contributed by atoms with E-state index in [9.17, 15) is 9.59 Å². The Bertz CT molecular complexity index is 961. The zero-order valence-corrected chi connectivity index (χ0v) is 19.2. The maximum absolute atomic E-state index is 12.6. The quantitative estimate of drug-likeness (QED) is 0.594. The van der Waals surface area contributed by atoms with Crippen LogP contribution in [0.2, 0.25) is 5.02 Å². The van der Waals surface area contributed by atoms with Crippen LogP contribution in [0.25, 0.3) is 0 Å². The van der Waals surface area contributed by atoms with E-state index in [2.05, 4.69) is 46.3 Å². The third-order valence-corrected chi connectivity index (χ3v) is 5.58. The molecule has 172 valence electrons. The molecule has 0 spiro atoms. The van der Waals surface area contributed by atoms with E-state index in [-0.39, 0.29) is 29.0 Å². The molecule has 8 nitrogen and oxygen atoms in total. The smallest absolute Gasteiger partial charge is 0.255 e. The second-order valence-electron chi connectivity index (χ2n) is 7.67. The van der Waals surface area contributed by atoms with Crippen molar-refractivity contribution in [2.24, 2.45) is 5.73 Å². The van der Waals surface area contributed by atoms with Gasteiger partial charge in [0, 0.05) is 50.5 Å². The number of carbonyl (C=O) groups is 2. The molecular weight excluding hydrogens is 432 g/mol. The third-order valence-electron chi connectivity index (χ3n) is 5.30. The molecule has 0 unspecified atom stereocenters. The molecule has 3 rings (SSSR count). The summed E-state index contributed by atoms with van der Waals surface area (Å²) in [6.45, 7) is 6.84. The summed E-state index contributed by atoms with van der Waals surface area (Å²) in [7, 11) is 1.43. The molecule has 0 saturated carbocycles. The van der Waals surface area contributed by atoms with E-state index in [1.54, 1.807) is 0 Å². The van der Waals surface area contributed by atoms with E-state index in [0.29, 0.717) is 12.1 Å². The van der Waals surface area contributed by atoms with Crippen LogP contribution in [0.5, 0.6) is 11.5 Å². The Labute approximate surface area is 193 Å². The Morgan fingerprint density at radius 1 is 1.16 bits per heavy atom. The second-order valence-corrected chi connectivity index (χ2v) is 8.08. The molecule has 1 heterocycles. The van der Waals surface area contributed by atoms with E-state index < -0.39 is 5.91 Å². The molecular formula is C23H29ClN4O4. The maximum Gasteiger partial charge on any atom is 0.255 e. The molecule has 2 amide bonds. The molecule has 1 fully saturated rings. The number of halogens is 1. The predicted molar refractivity (Wildman–Crippen MR) is 125 cm³/mol. The highest BCUT2D eigenvalue weighted by Crippen LogP contribution is 2.36. The number of amides is 2. The van der Waals surface area contributed by atoms with Gasteiger partial charge in [0.15, 0.2) is 18.1 Å². The number of hydrogen-bond donors (Lipinski definition) is 2. The van der Waals surface area contributed by atoms with Gasteiger partial charge in [0.2, 0.25) is 0 Å². The number of hydrogen-bond acceptors (Lipinski definition) is 6. The Kier molecular flexibility index (Phi) is 8.19. The van der Waals surface area contributed by atoms with Crippen molar-refractivity contribution in [3.8, 4) is 11.5 Å². The van der Waals surface area contributed by atoms with Crippen LogP contribution in [-0.4, -0.2) is 69.7 Å². The maximum atomic E-state index is 12.6. The summed E-state index contributed by atoms with van der Waals surface area (Å²) >= 11 is 6.22. The average molecular weight is 461 g/mol. The van der Waals surface area contributed by atoms with E-state index >= 15 is 0 Å². The lowest BCUT2D eigenvalue weighted by Gasteiger charge is -2.36. The predicted octanol–water partition coefficient (Wildman–Crippen LogP) is 2.07. The average Bonchev–Trinajstić information content (AvgIpc) is 2.78. The fourth-order valence-corrected chi connectivity index (χ4v) is 3.88. The first-order chi connectivity index (χ1) is 15.4. The number of primary amides is 1. The van der Waals surface area contributed by atoms with E-state index in [4.69, 9.17) is 26.8 Å². The summed E-state index contributed by atoms with van der Waals surface area (Å²) in [6, 6.07) is 11.6. The summed E-state index contributed by atoms with van der Waals surface area (Å²) < 4.78 is 10.5. The fourth-order valence-electron chi connectivity index (χ4n) is 3.62. The molecule has 0 aromatic heterocycles.